The molecule has 2 atom stereocenters. The number of methoxy groups -OCH3 is 1. The van der Waals surface area contributed by atoms with Gasteiger partial charge < -0.3 is 14.2 Å². The number of ether oxygens (including phenoxy) is 3. The number of rotatable bonds is 1. The molecule has 0 aliphatic carbocycles. The van der Waals surface area contributed by atoms with Gasteiger partial charge in [0.25, 0.3) is 0 Å². The molecule has 2 aliphatic rings. The minimum Gasteiger partial charge on any atom is -0.466 e. The van der Waals surface area contributed by atoms with Crippen LogP contribution in [0.5, 0.6) is 0 Å². The number of carbonyl (C=O) groups excluding carboxylic acids is 2. The molecule has 0 bridgehead atoms. The lowest BCUT2D eigenvalue weighted by Gasteiger charge is -2.23. The SMILES string of the molecule is COC(=O)/C1=C/c2cc(C)ccc2C2CC(=O)OC2OC1. The Balaban J connectivity index is 2.10. The van der Waals surface area contributed by atoms with Crippen molar-refractivity contribution >= 4 is 18.0 Å². The molecule has 5 nitrogen and oxygen atoms in total. The topological polar surface area (TPSA) is 61.8 Å². The zero-order valence-corrected chi connectivity index (χ0v) is 11.9. The van der Waals surface area contributed by atoms with E-state index in [4.69, 9.17) is 14.2 Å². The third-order valence-electron chi connectivity index (χ3n) is 3.78. The quantitative estimate of drug-likeness (QED) is 0.739. The first-order chi connectivity index (χ1) is 10.1. The summed E-state index contributed by atoms with van der Waals surface area (Å²) in [6.45, 7) is 2.05. The Morgan fingerprint density at radius 2 is 2.19 bits per heavy atom. The molecule has 21 heavy (non-hydrogen) atoms. The molecule has 1 aromatic rings. The third kappa shape index (κ3) is 2.56. The average Bonchev–Trinajstić information content (AvgIpc) is 2.81. The highest BCUT2D eigenvalue weighted by atomic mass is 16.7. The first kappa shape index (κ1) is 13.8. The van der Waals surface area contributed by atoms with Crippen molar-refractivity contribution < 1.29 is 23.8 Å². The van der Waals surface area contributed by atoms with E-state index in [-0.39, 0.29) is 18.5 Å². The highest BCUT2D eigenvalue weighted by Gasteiger charge is 2.39. The van der Waals surface area contributed by atoms with Gasteiger partial charge in [0.2, 0.25) is 6.29 Å². The minimum absolute atomic E-state index is 0.0640. The maximum atomic E-state index is 11.8. The lowest BCUT2D eigenvalue weighted by atomic mass is 9.89. The Labute approximate surface area is 122 Å². The van der Waals surface area contributed by atoms with Gasteiger partial charge in [-0.2, -0.15) is 0 Å². The van der Waals surface area contributed by atoms with Crippen molar-refractivity contribution in [3.63, 3.8) is 0 Å². The van der Waals surface area contributed by atoms with E-state index in [1.165, 1.54) is 7.11 Å². The van der Waals surface area contributed by atoms with Crippen LogP contribution in [0.4, 0.5) is 0 Å². The molecule has 0 spiro atoms. The molecule has 5 heteroatoms. The molecule has 0 aromatic heterocycles. The normalized spacial score (nSPS) is 26.6. The van der Waals surface area contributed by atoms with E-state index >= 15 is 0 Å². The van der Waals surface area contributed by atoms with E-state index in [9.17, 15) is 9.59 Å². The van der Waals surface area contributed by atoms with E-state index in [0.717, 1.165) is 16.7 Å². The van der Waals surface area contributed by atoms with Crippen LogP contribution in [0.2, 0.25) is 0 Å². The molecule has 1 saturated heterocycles. The molecule has 0 saturated carbocycles. The molecule has 2 heterocycles. The molecule has 0 N–H and O–H groups in total. The predicted octanol–water partition coefficient (Wildman–Crippen LogP) is 1.94. The van der Waals surface area contributed by atoms with Crippen LogP contribution >= 0.6 is 0 Å². The number of hydrogen-bond acceptors (Lipinski definition) is 5. The maximum Gasteiger partial charge on any atom is 0.336 e. The second-order valence-electron chi connectivity index (χ2n) is 5.27. The summed E-state index contributed by atoms with van der Waals surface area (Å²) in [5, 5.41) is 0. The van der Waals surface area contributed by atoms with Gasteiger partial charge in [-0.05, 0) is 24.1 Å². The predicted molar refractivity (Wildman–Crippen MR) is 74.4 cm³/mol. The summed E-state index contributed by atoms with van der Waals surface area (Å²) < 4.78 is 15.6. The summed E-state index contributed by atoms with van der Waals surface area (Å²) in [6.07, 6.45) is 1.42. The smallest absolute Gasteiger partial charge is 0.336 e. The fourth-order valence-corrected chi connectivity index (χ4v) is 2.75. The fourth-order valence-electron chi connectivity index (χ4n) is 2.75. The van der Waals surface area contributed by atoms with Crippen molar-refractivity contribution in [2.75, 3.05) is 13.7 Å². The van der Waals surface area contributed by atoms with Crippen LogP contribution in [0.1, 0.15) is 29.0 Å². The van der Waals surface area contributed by atoms with Crippen molar-refractivity contribution in [1.29, 1.82) is 0 Å². The zero-order chi connectivity index (χ0) is 15.0. The summed E-state index contributed by atoms with van der Waals surface area (Å²) in [5.41, 5.74) is 3.35. The van der Waals surface area contributed by atoms with Crippen LogP contribution in [0.3, 0.4) is 0 Å². The lowest BCUT2D eigenvalue weighted by Crippen LogP contribution is -2.24. The highest BCUT2D eigenvalue weighted by molar-refractivity contribution is 5.94. The van der Waals surface area contributed by atoms with E-state index in [2.05, 4.69) is 0 Å². The summed E-state index contributed by atoms with van der Waals surface area (Å²) in [5.74, 6) is -0.855. The van der Waals surface area contributed by atoms with Gasteiger partial charge >= 0.3 is 11.9 Å². The Bertz CT molecular complexity index is 632. The molecule has 1 aromatic carbocycles. The van der Waals surface area contributed by atoms with E-state index < -0.39 is 12.3 Å². The molecule has 1 fully saturated rings. The van der Waals surface area contributed by atoms with Crippen molar-refractivity contribution in [3.05, 3.63) is 40.5 Å². The number of fused-ring (bicyclic) bond motifs is 3. The van der Waals surface area contributed by atoms with Gasteiger partial charge in [0.05, 0.1) is 31.6 Å². The average molecular weight is 288 g/mol. The molecule has 0 radical (unpaired) electrons. The molecular weight excluding hydrogens is 272 g/mol. The van der Waals surface area contributed by atoms with Crippen molar-refractivity contribution in [2.24, 2.45) is 0 Å². The summed E-state index contributed by atoms with van der Waals surface area (Å²) in [4.78, 5) is 23.4. The van der Waals surface area contributed by atoms with E-state index in [0.29, 0.717) is 12.0 Å². The second kappa shape index (κ2) is 5.33. The maximum absolute atomic E-state index is 11.8. The number of carbonyl (C=O) groups is 2. The van der Waals surface area contributed by atoms with Crippen LogP contribution in [0.25, 0.3) is 6.08 Å². The summed E-state index contributed by atoms with van der Waals surface area (Å²) in [7, 11) is 1.33. The van der Waals surface area contributed by atoms with Crippen molar-refractivity contribution in [2.45, 2.75) is 25.6 Å². The van der Waals surface area contributed by atoms with Crippen molar-refractivity contribution in [1.82, 2.24) is 0 Å². The standard InChI is InChI=1S/C16H16O5/c1-9-3-4-12-10(5-9)6-11(15(18)19-2)8-20-16-13(12)7-14(17)21-16/h3-6,13,16H,7-8H2,1-2H3/b11-6+. The second-order valence-corrected chi connectivity index (χ2v) is 5.27. The Kier molecular flexibility index (Phi) is 3.51. The van der Waals surface area contributed by atoms with Crippen LogP contribution < -0.4 is 0 Å². The Morgan fingerprint density at radius 1 is 1.38 bits per heavy atom. The summed E-state index contributed by atoms with van der Waals surface area (Å²) >= 11 is 0. The largest absolute Gasteiger partial charge is 0.466 e. The van der Waals surface area contributed by atoms with E-state index in [1.54, 1.807) is 6.08 Å². The van der Waals surface area contributed by atoms with E-state index in [1.807, 2.05) is 25.1 Å². The van der Waals surface area contributed by atoms with Crippen LogP contribution in [0, 0.1) is 6.92 Å². The molecule has 110 valence electrons. The van der Waals surface area contributed by atoms with Crippen LogP contribution in [-0.2, 0) is 23.8 Å². The van der Waals surface area contributed by atoms with Gasteiger partial charge in [-0.25, -0.2) is 4.79 Å². The molecule has 2 aliphatic heterocycles. The van der Waals surface area contributed by atoms with Gasteiger partial charge in [-0.1, -0.05) is 23.8 Å². The molecular formula is C16H16O5. The monoisotopic (exact) mass is 288 g/mol. The number of hydrogen-bond donors (Lipinski definition) is 0. The van der Waals surface area contributed by atoms with Crippen LogP contribution in [-0.4, -0.2) is 31.9 Å². The molecule has 3 rings (SSSR count). The van der Waals surface area contributed by atoms with Crippen LogP contribution in [0.15, 0.2) is 23.8 Å². The Hall–Kier alpha value is -2.14. The van der Waals surface area contributed by atoms with Gasteiger partial charge in [0.15, 0.2) is 0 Å². The molecule has 0 amide bonds. The minimum atomic E-state index is -0.646. The Morgan fingerprint density at radius 3 is 2.95 bits per heavy atom. The first-order valence-corrected chi connectivity index (χ1v) is 6.79. The highest BCUT2D eigenvalue weighted by Crippen LogP contribution is 2.37. The first-order valence-electron chi connectivity index (χ1n) is 6.79. The van der Waals surface area contributed by atoms with Gasteiger partial charge in [-0.3, -0.25) is 4.79 Å². The van der Waals surface area contributed by atoms with Gasteiger partial charge in [0.1, 0.15) is 0 Å². The number of aryl methyl sites for hydroxylation is 1. The lowest BCUT2D eigenvalue weighted by molar-refractivity contribution is -0.163. The van der Waals surface area contributed by atoms with Gasteiger partial charge in [-0.15, -0.1) is 0 Å². The fraction of sp³-hybridized carbons (Fsp3) is 0.375. The zero-order valence-electron chi connectivity index (χ0n) is 11.9. The number of esters is 2. The third-order valence-corrected chi connectivity index (χ3v) is 3.78. The van der Waals surface area contributed by atoms with Gasteiger partial charge in [0, 0.05) is 0 Å². The summed E-state index contributed by atoms with van der Waals surface area (Å²) in [6, 6.07) is 5.93. The number of benzene rings is 1. The molecule has 2 unspecified atom stereocenters. The van der Waals surface area contributed by atoms with Crippen molar-refractivity contribution in [3.8, 4) is 0 Å².